The maximum Gasteiger partial charge on any atom is 0.333 e. The van der Waals surface area contributed by atoms with Crippen molar-refractivity contribution < 1.29 is 0 Å². The van der Waals surface area contributed by atoms with Crippen LogP contribution < -0.4 is 16.1 Å². The van der Waals surface area contributed by atoms with E-state index in [0.29, 0.717) is 35.2 Å². The van der Waals surface area contributed by atoms with Gasteiger partial charge in [-0.25, -0.2) is 4.79 Å². The highest BCUT2D eigenvalue weighted by atomic mass is 35.5. The molecule has 8 heteroatoms. The number of anilines is 2. The van der Waals surface area contributed by atoms with Crippen molar-refractivity contribution in [1.82, 2.24) is 18.7 Å². The molecule has 7 nitrogen and oxygen atoms in total. The van der Waals surface area contributed by atoms with Gasteiger partial charge in [0.2, 0.25) is 5.95 Å². The Balaban J connectivity index is 1.98. The Morgan fingerprint density at radius 2 is 1.92 bits per heavy atom. The molecule has 0 radical (unpaired) electrons. The van der Waals surface area contributed by atoms with Gasteiger partial charge in [-0.1, -0.05) is 17.7 Å². The lowest BCUT2D eigenvalue weighted by molar-refractivity contribution is 0.572. The average Bonchev–Trinajstić information content (AvgIpc) is 3.20. The fraction of sp³-hybridized carbons (Fsp3) is 0.278. The molecular weight excluding hydrogens is 354 g/mol. The standard InChI is InChI=1S/C18H18ClN5O2/c1-4-11(2)24-16(25)14-15(21(3)18(24)26)20-17-22(9-10-23(14)17)13-7-5-12(19)6-8-13/h4-8,11H,1,9-10H2,2-3H3/t11-/m1/s1. The third kappa shape index (κ3) is 2.24. The molecule has 0 saturated carbocycles. The third-order valence-corrected chi connectivity index (χ3v) is 5.09. The van der Waals surface area contributed by atoms with Gasteiger partial charge in [-0.2, -0.15) is 4.98 Å². The van der Waals surface area contributed by atoms with Crippen molar-refractivity contribution in [1.29, 1.82) is 0 Å². The van der Waals surface area contributed by atoms with Gasteiger partial charge in [-0.3, -0.25) is 13.9 Å². The number of hydrogen-bond donors (Lipinski definition) is 0. The molecule has 3 heterocycles. The molecule has 0 saturated heterocycles. The quantitative estimate of drug-likeness (QED) is 0.663. The Morgan fingerprint density at radius 3 is 2.58 bits per heavy atom. The number of aryl methyl sites for hydroxylation is 1. The minimum Gasteiger partial charge on any atom is -0.310 e. The zero-order valence-electron chi connectivity index (χ0n) is 14.5. The van der Waals surface area contributed by atoms with Gasteiger partial charge in [0.05, 0.1) is 6.04 Å². The second-order valence-electron chi connectivity index (χ2n) is 6.36. The first kappa shape index (κ1) is 16.7. The van der Waals surface area contributed by atoms with E-state index in [1.54, 1.807) is 20.0 Å². The molecular formula is C18H18ClN5O2. The first-order valence-corrected chi connectivity index (χ1v) is 8.69. The van der Waals surface area contributed by atoms with Gasteiger partial charge in [0.15, 0.2) is 11.2 Å². The lowest BCUT2D eigenvalue weighted by Crippen LogP contribution is -2.40. The summed E-state index contributed by atoms with van der Waals surface area (Å²) in [5.74, 6) is 0.651. The van der Waals surface area contributed by atoms with Crippen molar-refractivity contribution in [3.05, 3.63) is 62.8 Å². The van der Waals surface area contributed by atoms with Crippen molar-refractivity contribution in [2.45, 2.75) is 19.5 Å². The first-order chi connectivity index (χ1) is 12.4. The number of aromatic nitrogens is 4. The van der Waals surface area contributed by atoms with Crippen molar-refractivity contribution >= 4 is 34.4 Å². The predicted molar refractivity (Wildman–Crippen MR) is 103 cm³/mol. The predicted octanol–water partition coefficient (Wildman–Crippen LogP) is 2.45. The van der Waals surface area contributed by atoms with Crippen LogP contribution >= 0.6 is 11.6 Å². The fourth-order valence-corrected chi connectivity index (χ4v) is 3.50. The minimum absolute atomic E-state index is 0.341. The lowest BCUT2D eigenvalue weighted by Gasteiger charge is -2.15. The summed E-state index contributed by atoms with van der Waals surface area (Å²) in [5.41, 5.74) is 1.03. The molecule has 0 amide bonds. The van der Waals surface area contributed by atoms with Crippen LogP contribution in [-0.4, -0.2) is 25.2 Å². The van der Waals surface area contributed by atoms with E-state index in [-0.39, 0.29) is 5.56 Å². The SMILES string of the molecule is C=C[C@@H](C)n1c(=O)c2c(nc3n2CCN3c2ccc(Cl)cc2)n(C)c1=O. The maximum absolute atomic E-state index is 13.0. The maximum atomic E-state index is 13.0. The monoisotopic (exact) mass is 371 g/mol. The second kappa shape index (κ2) is 5.88. The molecule has 0 spiro atoms. The van der Waals surface area contributed by atoms with Gasteiger partial charge in [0.25, 0.3) is 5.56 Å². The van der Waals surface area contributed by atoms with Crippen molar-refractivity contribution in [2.24, 2.45) is 7.05 Å². The molecule has 0 aliphatic carbocycles. The topological polar surface area (TPSA) is 65.1 Å². The summed E-state index contributed by atoms with van der Waals surface area (Å²) < 4.78 is 4.51. The van der Waals surface area contributed by atoms with E-state index in [4.69, 9.17) is 11.6 Å². The summed E-state index contributed by atoms with van der Waals surface area (Å²) in [6, 6.07) is 7.06. The minimum atomic E-state index is -0.398. The molecule has 0 N–H and O–H groups in total. The summed E-state index contributed by atoms with van der Waals surface area (Å²) in [7, 11) is 1.63. The van der Waals surface area contributed by atoms with Crippen molar-refractivity contribution in [3.63, 3.8) is 0 Å². The molecule has 0 bridgehead atoms. The van der Waals surface area contributed by atoms with Gasteiger partial charge in [0.1, 0.15) is 0 Å². The molecule has 4 rings (SSSR count). The Bertz CT molecular complexity index is 1140. The van der Waals surface area contributed by atoms with Crippen molar-refractivity contribution in [2.75, 3.05) is 11.4 Å². The van der Waals surface area contributed by atoms with Gasteiger partial charge in [-0.15, -0.1) is 6.58 Å². The summed E-state index contributed by atoms with van der Waals surface area (Å²) >= 11 is 5.97. The van der Waals surface area contributed by atoms with Crippen LogP contribution in [0.4, 0.5) is 11.6 Å². The van der Waals surface area contributed by atoms with E-state index in [9.17, 15) is 9.59 Å². The fourth-order valence-electron chi connectivity index (χ4n) is 3.37. The zero-order chi connectivity index (χ0) is 18.6. The van der Waals surface area contributed by atoms with E-state index in [2.05, 4.69) is 11.6 Å². The van der Waals surface area contributed by atoms with E-state index in [0.717, 1.165) is 5.69 Å². The summed E-state index contributed by atoms with van der Waals surface area (Å²) in [6.45, 7) is 6.77. The molecule has 134 valence electrons. The summed E-state index contributed by atoms with van der Waals surface area (Å²) in [5, 5.41) is 0.658. The van der Waals surface area contributed by atoms with Crippen LogP contribution in [0.15, 0.2) is 46.5 Å². The number of nitrogens with zero attached hydrogens (tertiary/aromatic N) is 5. The molecule has 26 heavy (non-hydrogen) atoms. The highest BCUT2D eigenvalue weighted by molar-refractivity contribution is 6.30. The van der Waals surface area contributed by atoms with E-state index < -0.39 is 11.7 Å². The Hall–Kier alpha value is -2.80. The molecule has 1 atom stereocenters. The Kier molecular flexibility index (Phi) is 3.77. The van der Waals surface area contributed by atoms with Crippen LogP contribution in [0.1, 0.15) is 13.0 Å². The molecule has 1 aliphatic heterocycles. The highest BCUT2D eigenvalue weighted by Crippen LogP contribution is 2.32. The van der Waals surface area contributed by atoms with Gasteiger partial charge >= 0.3 is 5.69 Å². The van der Waals surface area contributed by atoms with Gasteiger partial charge in [0, 0.05) is 30.8 Å². The largest absolute Gasteiger partial charge is 0.333 e. The normalized spacial score (nSPS) is 14.7. The first-order valence-electron chi connectivity index (χ1n) is 8.31. The van der Waals surface area contributed by atoms with Crippen LogP contribution in [-0.2, 0) is 13.6 Å². The number of halogens is 1. The van der Waals surface area contributed by atoms with Crippen LogP contribution in [0, 0.1) is 0 Å². The number of rotatable bonds is 3. The number of benzene rings is 1. The molecule has 2 aromatic heterocycles. The number of hydrogen-bond acceptors (Lipinski definition) is 4. The highest BCUT2D eigenvalue weighted by Gasteiger charge is 2.29. The third-order valence-electron chi connectivity index (χ3n) is 4.84. The van der Waals surface area contributed by atoms with E-state index in [1.165, 1.54) is 9.13 Å². The lowest BCUT2D eigenvalue weighted by atomic mass is 10.3. The molecule has 0 fully saturated rings. The van der Waals surface area contributed by atoms with Crippen LogP contribution in [0.2, 0.25) is 5.02 Å². The Labute approximate surface area is 154 Å². The number of allylic oxidation sites excluding steroid dienone is 1. The zero-order valence-corrected chi connectivity index (χ0v) is 15.3. The summed E-state index contributed by atoms with van der Waals surface area (Å²) in [4.78, 5) is 32.3. The van der Waals surface area contributed by atoms with Gasteiger partial charge < -0.3 is 9.47 Å². The average molecular weight is 372 g/mol. The molecule has 0 unspecified atom stereocenters. The molecule has 1 aromatic carbocycles. The second-order valence-corrected chi connectivity index (χ2v) is 6.79. The van der Waals surface area contributed by atoms with Gasteiger partial charge in [-0.05, 0) is 31.2 Å². The number of fused-ring (bicyclic) bond motifs is 3. The Morgan fingerprint density at radius 1 is 1.23 bits per heavy atom. The van der Waals surface area contributed by atoms with Crippen LogP contribution in [0.25, 0.3) is 11.2 Å². The molecule has 1 aliphatic rings. The van der Waals surface area contributed by atoms with E-state index in [1.807, 2.05) is 33.7 Å². The molecule has 3 aromatic rings. The van der Waals surface area contributed by atoms with Crippen LogP contribution in [0.5, 0.6) is 0 Å². The van der Waals surface area contributed by atoms with Crippen molar-refractivity contribution in [3.8, 4) is 0 Å². The smallest absolute Gasteiger partial charge is 0.310 e. The summed E-state index contributed by atoms with van der Waals surface area (Å²) in [6.07, 6.45) is 1.58. The van der Waals surface area contributed by atoms with E-state index >= 15 is 0 Å². The number of imidazole rings is 1. The van der Waals surface area contributed by atoms with Crippen LogP contribution in [0.3, 0.4) is 0 Å².